The molecule has 35 nitrogen and oxygen atoms in total. The number of hydrogen-bond donors (Lipinski definition) is 19. The molecule has 107 heavy (non-hydrogen) atoms. The molecule has 2 bridgehead atoms. The molecule has 28 atom stereocenters. The first-order valence-electron chi connectivity index (χ1n) is 38.8. The first-order chi connectivity index (χ1) is 51.2. The van der Waals surface area contributed by atoms with Gasteiger partial charge in [0, 0.05) is 19.8 Å². The number of morpholine rings is 1. The predicted octanol–water partition coefficient (Wildman–Crippen LogP) is -1.31. The highest BCUT2D eigenvalue weighted by atomic mass is 32.3. The smallest absolute Gasteiger partial charge is 0.394 e. The second kappa shape index (κ2) is 47.6. The summed E-state index contributed by atoms with van der Waals surface area (Å²) in [7, 11) is -5.43. The van der Waals surface area contributed by atoms with E-state index in [9.17, 15) is 104 Å². The van der Waals surface area contributed by atoms with Crippen LogP contribution in [0.5, 0.6) is 0 Å². The molecule has 0 aliphatic carbocycles. The van der Waals surface area contributed by atoms with Gasteiger partial charge < -0.3 is 140 Å². The van der Waals surface area contributed by atoms with Crippen LogP contribution in [0.25, 0.3) is 0 Å². The van der Waals surface area contributed by atoms with Crippen molar-refractivity contribution in [3.05, 3.63) is 12.2 Å². The first kappa shape index (κ1) is 92.9. The van der Waals surface area contributed by atoms with Crippen molar-refractivity contribution in [2.24, 2.45) is 0 Å². The summed E-state index contributed by atoms with van der Waals surface area (Å²) in [5.41, 5.74) is 0. The van der Waals surface area contributed by atoms with E-state index in [0.29, 0.717) is 12.8 Å². The van der Waals surface area contributed by atoms with Gasteiger partial charge in [-0.05, 0) is 19.3 Å². The zero-order valence-electron chi connectivity index (χ0n) is 62.1. The molecule has 7 rings (SSSR count). The molecule has 0 aromatic carbocycles. The number of ether oxygens (including phenoxy) is 10. The van der Waals surface area contributed by atoms with Crippen molar-refractivity contribution in [3.8, 4) is 0 Å². The van der Waals surface area contributed by atoms with Crippen LogP contribution in [-0.4, -0.2) is 318 Å². The van der Waals surface area contributed by atoms with Crippen molar-refractivity contribution in [1.29, 1.82) is 0 Å². The highest BCUT2D eigenvalue weighted by Gasteiger charge is 2.64. The molecule has 7 heterocycles. The lowest BCUT2D eigenvalue weighted by molar-refractivity contribution is -0.392. The van der Waals surface area contributed by atoms with Crippen molar-refractivity contribution < 1.29 is 156 Å². The second-order valence-electron chi connectivity index (χ2n) is 29.3. The molecule has 0 saturated carbocycles. The Morgan fingerprint density at radius 2 is 1.05 bits per heavy atom. The van der Waals surface area contributed by atoms with Crippen LogP contribution in [0.2, 0.25) is 0 Å². The van der Waals surface area contributed by atoms with Gasteiger partial charge in [0.2, 0.25) is 11.8 Å². The van der Waals surface area contributed by atoms with Gasteiger partial charge in [-0.1, -0.05) is 180 Å². The summed E-state index contributed by atoms with van der Waals surface area (Å²) in [6.07, 6.45) is -14.2. The second-order valence-corrected chi connectivity index (χ2v) is 30.4. The van der Waals surface area contributed by atoms with Crippen LogP contribution in [0.4, 0.5) is 0 Å². The Morgan fingerprint density at radius 3 is 1.55 bits per heavy atom. The number of carbonyl (C=O) groups excluding carboxylic acids is 3. The maximum atomic E-state index is 13.5. The molecule has 19 N–H and O–H groups in total. The van der Waals surface area contributed by atoms with Gasteiger partial charge in [0.05, 0.1) is 63.9 Å². The zero-order chi connectivity index (χ0) is 78.4. The van der Waals surface area contributed by atoms with Gasteiger partial charge in [-0.15, -0.1) is 0 Å². The van der Waals surface area contributed by atoms with E-state index >= 15 is 0 Å². The van der Waals surface area contributed by atoms with Gasteiger partial charge in [0.25, 0.3) is 11.7 Å². The summed E-state index contributed by atoms with van der Waals surface area (Å²) in [5.74, 6) is -5.12. The van der Waals surface area contributed by atoms with Gasteiger partial charge in [-0.25, -0.2) is 4.18 Å². The minimum absolute atomic E-state index is 0.161. The molecule has 7 saturated heterocycles. The number of amides is 3. The Kier molecular flexibility index (Phi) is 41.4. The largest absolute Gasteiger partial charge is 0.397 e. The third-order valence-corrected chi connectivity index (χ3v) is 21.2. The van der Waals surface area contributed by atoms with Gasteiger partial charge >= 0.3 is 10.4 Å². The number of piperidine rings is 1. The normalized spacial score (nSPS) is 35.2. The van der Waals surface area contributed by atoms with Gasteiger partial charge in [-0.3, -0.25) is 18.9 Å². The number of fused-ring (bicyclic) bond motifs is 3. The van der Waals surface area contributed by atoms with E-state index in [-0.39, 0.29) is 12.3 Å². The minimum atomic E-state index is -5.43. The van der Waals surface area contributed by atoms with Crippen molar-refractivity contribution in [2.45, 2.75) is 378 Å². The lowest BCUT2D eigenvalue weighted by Crippen LogP contribution is -2.77. The van der Waals surface area contributed by atoms with Crippen LogP contribution in [0.3, 0.4) is 0 Å². The number of allylic oxidation sites excluding steroid dienone is 1. The highest BCUT2D eigenvalue weighted by Crippen LogP contribution is 2.42. The summed E-state index contributed by atoms with van der Waals surface area (Å²) in [4.78, 5) is 40.0. The topological polar surface area (TPSA) is 547 Å². The predicted molar refractivity (Wildman–Crippen MR) is 375 cm³/mol. The van der Waals surface area contributed by atoms with E-state index in [4.69, 9.17) is 47.4 Å². The Labute approximate surface area is 627 Å². The number of hydrogen-bond acceptors (Lipinski definition) is 31. The molecule has 0 aromatic rings. The van der Waals surface area contributed by atoms with Crippen LogP contribution in [0.1, 0.15) is 207 Å². The van der Waals surface area contributed by atoms with Crippen molar-refractivity contribution >= 4 is 28.1 Å². The quantitative estimate of drug-likeness (QED) is 0.0191. The van der Waals surface area contributed by atoms with Gasteiger partial charge in [-0.2, -0.15) is 8.42 Å². The van der Waals surface area contributed by atoms with E-state index in [1.54, 1.807) is 6.08 Å². The molecule has 3 amide bonds. The summed E-state index contributed by atoms with van der Waals surface area (Å²) in [6.45, 7) is -0.576. The lowest BCUT2D eigenvalue weighted by Gasteiger charge is -2.55. The molecule has 7 fully saturated rings. The van der Waals surface area contributed by atoms with Crippen molar-refractivity contribution in [3.63, 3.8) is 0 Å². The number of aliphatic hydroxyl groups excluding tert-OH is 15. The van der Waals surface area contributed by atoms with Crippen molar-refractivity contribution in [1.82, 2.24) is 16.0 Å². The summed E-state index contributed by atoms with van der Waals surface area (Å²) in [5, 5.41) is 175. The SMILES string of the molecule is CCCCCCCCCCCCC/C=C/[C@@H](O)[C@H](CO[C@@H]1O[C@H](CO)[C@@H](O[C@@H]2O[C@H](CO)[C@H](O)[C@H](O[C@@H]3O[C@H](COS(=O)(=O)O)[C@@H](O[C@@H]4O[C@H](CO)[C@H](O)[C@H](OC56C[C@H](O)[C@@H](NC5=O)[C@H]([C@H](O)[C@H](O)CO)O6)[C@H]4O)[C@H](O)[C@H]3NC(C)=O)[C@H]2O)[C@H](O)[C@H]1O)NC(=O)CCCCCCCCCCCCCCCCC. The fourth-order valence-corrected chi connectivity index (χ4v) is 14.8. The summed E-state index contributed by atoms with van der Waals surface area (Å²) in [6, 6.07) is -4.44. The monoisotopic (exact) mass is 1570 g/mol. The van der Waals surface area contributed by atoms with Crippen LogP contribution in [0, 0.1) is 0 Å². The van der Waals surface area contributed by atoms with Gasteiger partial charge in [0.15, 0.2) is 25.2 Å². The van der Waals surface area contributed by atoms with E-state index < -0.39 is 239 Å². The molecule has 7 aliphatic heterocycles. The molecule has 7 aliphatic rings. The Morgan fingerprint density at radius 1 is 0.579 bits per heavy atom. The lowest BCUT2D eigenvalue weighted by atomic mass is 9.84. The van der Waals surface area contributed by atoms with E-state index in [1.807, 2.05) is 6.08 Å². The maximum absolute atomic E-state index is 13.5. The summed E-state index contributed by atoms with van der Waals surface area (Å²) >= 11 is 0. The van der Waals surface area contributed by atoms with E-state index in [2.05, 4.69) is 34.0 Å². The summed E-state index contributed by atoms with van der Waals surface area (Å²) < 4.78 is 97.6. The van der Waals surface area contributed by atoms with Gasteiger partial charge in [0.1, 0.15) is 116 Å². The number of carbonyl (C=O) groups is 3. The molecule has 0 radical (unpaired) electrons. The zero-order valence-corrected chi connectivity index (χ0v) is 62.9. The molecular weight excluding hydrogens is 1440 g/mol. The van der Waals surface area contributed by atoms with Crippen LogP contribution < -0.4 is 16.0 Å². The Hall–Kier alpha value is -2.98. The molecule has 0 aromatic heterocycles. The number of unbranched alkanes of at least 4 members (excludes halogenated alkanes) is 25. The van der Waals surface area contributed by atoms with Crippen LogP contribution in [-0.2, 0) is 76.3 Å². The minimum Gasteiger partial charge on any atom is -0.394 e. The molecule has 0 spiro atoms. The highest BCUT2D eigenvalue weighted by molar-refractivity contribution is 7.80. The maximum Gasteiger partial charge on any atom is 0.397 e. The molecule has 36 heteroatoms. The standard InChI is InChI=1S/C71H127N3O32S/c1-4-6-8-10-12-14-16-18-19-21-23-25-27-29-31-33-50(83)73-42(43(80)32-30-28-26-24-22-20-17-15-13-11-9-7-5-2)39-96-67-58(89)57(88)61(48(38-78)100-67)102-68-59(90)64(54(85)46(36-76)98-68)104-66-52(72-41(3)79)56(87)62(49(101-66)40-97-107(93,94)95)103-69-60(91)65(55(86)47(37-77)99-69)106-71-34-44(81)51(74-70(71)92)63(105-71)53(84)45(82)35-75/h30,32,42-49,51-69,75-78,80-82,84-91H,4-29,31,33-40H2,1-3H3,(H,72,79)(H,73,83)(H,74,92)(H,93,94,95)/b32-30+/t42-,43+,44-,45+,46+,47+,48+,49+,51+,52+,53+,54-,55-,56+,57+,58+,59+,60+,61+,62+,63+,64-,65-,66-,67+,68-,69-,71?/m0/s1. The number of aliphatic hydroxyl groups is 15. The fraction of sp³-hybridized carbons (Fsp3) is 0.930. The fourth-order valence-electron chi connectivity index (χ4n) is 14.5. The Bertz CT molecular complexity index is 2670. The Balaban J connectivity index is 1.12. The average molecular weight is 1570 g/mol. The number of nitrogens with one attached hydrogen (secondary N) is 3. The van der Waals surface area contributed by atoms with Crippen LogP contribution in [0.15, 0.2) is 12.2 Å². The molecule has 1 unspecified atom stereocenters. The average Bonchev–Trinajstić information content (AvgIpc) is 0.731. The molecule has 624 valence electrons. The third kappa shape index (κ3) is 28.2. The van der Waals surface area contributed by atoms with Crippen LogP contribution >= 0.6 is 0 Å². The number of rotatable bonds is 52. The van der Waals surface area contributed by atoms with Crippen molar-refractivity contribution in [2.75, 3.05) is 39.6 Å². The third-order valence-electron chi connectivity index (χ3n) is 20.7. The molecular formula is C71H127N3O32S. The van der Waals surface area contributed by atoms with E-state index in [0.717, 1.165) is 58.3 Å². The van der Waals surface area contributed by atoms with E-state index in [1.165, 1.54) is 109 Å². The first-order valence-corrected chi connectivity index (χ1v) is 40.2.